The average molecular weight is 183 g/mol. The lowest BCUT2D eigenvalue weighted by atomic mass is 9.81. The first-order valence-corrected chi connectivity index (χ1v) is 5.21. The van der Waals surface area contributed by atoms with Crippen molar-refractivity contribution in [3.63, 3.8) is 0 Å². The summed E-state index contributed by atoms with van der Waals surface area (Å²) in [5, 5.41) is 12.0. The molecule has 2 rings (SSSR count). The Hall–Kier alpha value is -0.570. The summed E-state index contributed by atoms with van der Waals surface area (Å²) in [6, 6.07) is 0. The average Bonchev–Trinajstić information content (AvgIpc) is 1.92. The largest absolute Gasteiger partial charge is 0.393 e. The molecule has 0 aliphatic heterocycles. The number of rotatable bonds is 3. The SMILES string of the molecule is O=C(NCC1CC(O)C1)C1CCC1. The van der Waals surface area contributed by atoms with Crippen LogP contribution in [0.15, 0.2) is 0 Å². The summed E-state index contributed by atoms with van der Waals surface area (Å²) < 4.78 is 0. The number of aliphatic hydroxyl groups is 1. The highest BCUT2D eigenvalue weighted by molar-refractivity contribution is 5.79. The highest BCUT2D eigenvalue weighted by Crippen LogP contribution is 2.28. The van der Waals surface area contributed by atoms with Gasteiger partial charge in [-0.05, 0) is 31.6 Å². The Balaban J connectivity index is 1.59. The fourth-order valence-corrected chi connectivity index (χ4v) is 1.93. The Kier molecular flexibility index (Phi) is 2.54. The van der Waals surface area contributed by atoms with E-state index in [1.807, 2.05) is 0 Å². The van der Waals surface area contributed by atoms with Crippen molar-refractivity contribution in [3.8, 4) is 0 Å². The smallest absolute Gasteiger partial charge is 0.223 e. The van der Waals surface area contributed by atoms with Crippen LogP contribution in [0.4, 0.5) is 0 Å². The summed E-state index contributed by atoms with van der Waals surface area (Å²) in [7, 11) is 0. The molecular formula is C10H17NO2. The van der Waals surface area contributed by atoms with Crippen molar-refractivity contribution in [2.75, 3.05) is 6.54 Å². The van der Waals surface area contributed by atoms with Crippen LogP contribution in [0.5, 0.6) is 0 Å². The first kappa shape index (κ1) is 9.00. The van der Waals surface area contributed by atoms with Gasteiger partial charge in [-0.2, -0.15) is 0 Å². The minimum absolute atomic E-state index is 0.106. The zero-order valence-electron chi connectivity index (χ0n) is 7.83. The van der Waals surface area contributed by atoms with Crippen molar-refractivity contribution in [1.82, 2.24) is 5.32 Å². The van der Waals surface area contributed by atoms with Crippen LogP contribution in [-0.2, 0) is 4.79 Å². The highest BCUT2D eigenvalue weighted by Gasteiger charge is 2.29. The molecule has 0 radical (unpaired) electrons. The number of amides is 1. The normalized spacial score (nSPS) is 33.3. The molecule has 3 nitrogen and oxygen atoms in total. The molecule has 0 saturated heterocycles. The molecule has 0 aromatic heterocycles. The van der Waals surface area contributed by atoms with Crippen molar-refractivity contribution in [3.05, 3.63) is 0 Å². The van der Waals surface area contributed by atoms with Gasteiger partial charge in [-0.15, -0.1) is 0 Å². The van der Waals surface area contributed by atoms with Crippen LogP contribution in [-0.4, -0.2) is 23.7 Å². The van der Waals surface area contributed by atoms with Gasteiger partial charge in [0.2, 0.25) is 5.91 Å². The summed E-state index contributed by atoms with van der Waals surface area (Å²) >= 11 is 0. The molecule has 0 aromatic rings. The molecule has 0 heterocycles. The van der Waals surface area contributed by atoms with E-state index in [9.17, 15) is 4.79 Å². The monoisotopic (exact) mass is 183 g/mol. The summed E-state index contributed by atoms with van der Waals surface area (Å²) in [6.07, 6.45) is 4.97. The lowest BCUT2D eigenvalue weighted by molar-refractivity contribution is -0.128. The van der Waals surface area contributed by atoms with Gasteiger partial charge in [0.25, 0.3) is 0 Å². The zero-order chi connectivity index (χ0) is 9.26. The van der Waals surface area contributed by atoms with Crippen molar-refractivity contribution in [1.29, 1.82) is 0 Å². The Bertz CT molecular complexity index is 195. The third-order valence-electron chi connectivity index (χ3n) is 3.25. The molecule has 2 aliphatic rings. The molecule has 2 aliphatic carbocycles. The molecule has 2 fully saturated rings. The number of aliphatic hydroxyl groups excluding tert-OH is 1. The highest BCUT2D eigenvalue weighted by atomic mass is 16.3. The van der Waals surface area contributed by atoms with Gasteiger partial charge in [0, 0.05) is 12.5 Å². The maximum atomic E-state index is 11.4. The molecule has 2 N–H and O–H groups in total. The summed E-state index contributed by atoms with van der Waals surface area (Å²) in [5.74, 6) is 1.05. The standard InChI is InChI=1S/C10H17NO2/c12-9-4-7(5-9)6-11-10(13)8-2-1-3-8/h7-9,12H,1-6H2,(H,11,13). The van der Waals surface area contributed by atoms with Crippen LogP contribution in [0.1, 0.15) is 32.1 Å². The van der Waals surface area contributed by atoms with Crippen LogP contribution in [0, 0.1) is 11.8 Å². The van der Waals surface area contributed by atoms with Gasteiger partial charge in [-0.25, -0.2) is 0 Å². The number of carbonyl (C=O) groups is 1. The number of hydrogen-bond donors (Lipinski definition) is 2. The molecule has 74 valence electrons. The van der Waals surface area contributed by atoms with E-state index >= 15 is 0 Å². The molecule has 0 spiro atoms. The van der Waals surface area contributed by atoms with Crippen molar-refractivity contribution >= 4 is 5.91 Å². The van der Waals surface area contributed by atoms with E-state index in [1.165, 1.54) is 6.42 Å². The maximum absolute atomic E-state index is 11.4. The van der Waals surface area contributed by atoms with Gasteiger partial charge >= 0.3 is 0 Å². The Morgan fingerprint density at radius 3 is 2.54 bits per heavy atom. The summed E-state index contributed by atoms with van der Waals surface area (Å²) in [6.45, 7) is 0.770. The Morgan fingerprint density at radius 1 is 1.38 bits per heavy atom. The first-order valence-electron chi connectivity index (χ1n) is 5.21. The lowest BCUT2D eigenvalue weighted by Gasteiger charge is -2.32. The third-order valence-corrected chi connectivity index (χ3v) is 3.25. The van der Waals surface area contributed by atoms with Crippen LogP contribution >= 0.6 is 0 Å². The van der Waals surface area contributed by atoms with Gasteiger partial charge < -0.3 is 10.4 Å². The molecule has 3 heteroatoms. The van der Waals surface area contributed by atoms with E-state index in [-0.39, 0.29) is 12.0 Å². The van der Waals surface area contributed by atoms with Gasteiger partial charge in [-0.1, -0.05) is 6.42 Å². The second-order valence-corrected chi connectivity index (χ2v) is 4.36. The maximum Gasteiger partial charge on any atom is 0.223 e. The van der Waals surface area contributed by atoms with Crippen LogP contribution in [0.2, 0.25) is 0 Å². The van der Waals surface area contributed by atoms with Crippen LogP contribution in [0.3, 0.4) is 0 Å². The topological polar surface area (TPSA) is 49.3 Å². The fourth-order valence-electron chi connectivity index (χ4n) is 1.93. The minimum atomic E-state index is -0.106. The minimum Gasteiger partial charge on any atom is -0.393 e. The Morgan fingerprint density at radius 2 is 2.08 bits per heavy atom. The van der Waals surface area contributed by atoms with E-state index in [4.69, 9.17) is 5.11 Å². The molecule has 0 bridgehead atoms. The van der Waals surface area contributed by atoms with Crippen molar-refractivity contribution in [2.45, 2.75) is 38.2 Å². The molecule has 1 amide bonds. The molecule has 2 saturated carbocycles. The third kappa shape index (κ3) is 2.02. The summed E-state index contributed by atoms with van der Waals surface area (Å²) in [5.41, 5.74) is 0. The first-order chi connectivity index (χ1) is 6.25. The fraction of sp³-hybridized carbons (Fsp3) is 0.900. The second-order valence-electron chi connectivity index (χ2n) is 4.36. The van der Waals surface area contributed by atoms with Gasteiger partial charge in [0.05, 0.1) is 6.10 Å². The van der Waals surface area contributed by atoms with Crippen LogP contribution < -0.4 is 5.32 Å². The number of carbonyl (C=O) groups excluding carboxylic acids is 1. The molecule has 0 unspecified atom stereocenters. The van der Waals surface area contributed by atoms with E-state index in [1.54, 1.807) is 0 Å². The lowest BCUT2D eigenvalue weighted by Crippen LogP contribution is -2.41. The quantitative estimate of drug-likeness (QED) is 0.675. The molecular weight excluding hydrogens is 166 g/mol. The van der Waals surface area contributed by atoms with Crippen molar-refractivity contribution in [2.24, 2.45) is 11.8 Å². The van der Waals surface area contributed by atoms with Crippen molar-refractivity contribution < 1.29 is 9.90 Å². The van der Waals surface area contributed by atoms with Gasteiger partial charge in [-0.3, -0.25) is 4.79 Å². The van der Waals surface area contributed by atoms with E-state index in [0.717, 1.165) is 32.2 Å². The van der Waals surface area contributed by atoms with Crippen LogP contribution in [0.25, 0.3) is 0 Å². The zero-order valence-corrected chi connectivity index (χ0v) is 7.83. The van der Waals surface area contributed by atoms with Gasteiger partial charge in [0.1, 0.15) is 0 Å². The van der Waals surface area contributed by atoms with E-state index in [2.05, 4.69) is 5.32 Å². The number of nitrogens with one attached hydrogen (secondary N) is 1. The van der Waals surface area contributed by atoms with Gasteiger partial charge in [0.15, 0.2) is 0 Å². The predicted octanol–water partition coefficient (Wildman–Crippen LogP) is 0.674. The second kappa shape index (κ2) is 3.66. The molecule has 0 atom stereocenters. The molecule has 13 heavy (non-hydrogen) atoms. The Labute approximate surface area is 78.5 Å². The molecule has 0 aromatic carbocycles. The summed E-state index contributed by atoms with van der Waals surface area (Å²) in [4.78, 5) is 11.4. The van der Waals surface area contributed by atoms with E-state index in [0.29, 0.717) is 11.8 Å². The predicted molar refractivity (Wildman–Crippen MR) is 49.1 cm³/mol. The number of hydrogen-bond acceptors (Lipinski definition) is 2. The van der Waals surface area contributed by atoms with E-state index < -0.39 is 0 Å².